The lowest BCUT2D eigenvalue weighted by Crippen LogP contribution is -2.09. The number of halogens is 1. The minimum absolute atomic E-state index is 0.553. The van der Waals surface area contributed by atoms with E-state index in [0.717, 1.165) is 32.4 Å². The fraction of sp³-hybridized carbons (Fsp3) is 0.375. The first-order valence-corrected chi connectivity index (χ1v) is 7.71. The van der Waals surface area contributed by atoms with E-state index >= 15 is 0 Å². The summed E-state index contributed by atoms with van der Waals surface area (Å²) in [4.78, 5) is 8.55. The normalized spacial score (nSPS) is 10.4. The average Bonchev–Trinajstić information content (AvgIpc) is 2.53. The van der Waals surface area contributed by atoms with E-state index in [0.29, 0.717) is 16.8 Å². The number of hydrogen-bond donors (Lipinski definition) is 2. The van der Waals surface area contributed by atoms with Crippen molar-refractivity contribution in [2.75, 3.05) is 23.7 Å². The lowest BCUT2D eigenvalue weighted by Gasteiger charge is -2.09. The van der Waals surface area contributed by atoms with Crippen molar-refractivity contribution in [2.24, 2.45) is 0 Å². The molecule has 0 aliphatic carbocycles. The van der Waals surface area contributed by atoms with Gasteiger partial charge in [0.05, 0.1) is 6.20 Å². The molecule has 0 saturated carbocycles. The highest BCUT2D eigenvalue weighted by Crippen LogP contribution is 2.19. The Bertz CT molecular complexity index is 545. The van der Waals surface area contributed by atoms with Gasteiger partial charge in [0, 0.05) is 13.1 Å². The molecule has 0 bridgehead atoms. The molecule has 0 spiro atoms. The van der Waals surface area contributed by atoms with Gasteiger partial charge in [-0.3, -0.25) is 0 Å². The molecule has 2 N–H and O–H groups in total. The number of benzene rings is 1. The third-order valence-electron chi connectivity index (χ3n) is 3.05. The second-order valence-corrected chi connectivity index (χ2v) is 5.24. The van der Waals surface area contributed by atoms with Gasteiger partial charge in [0.15, 0.2) is 0 Å². The van der Waals surface area contributed by atoms with E-state index in [9.17, 15) is 0 Å². The molecule has 2 rings (SSSR count). The van der Waals surface area contributed by atoms with Gasteiger partial charge in [-0.05, 0) is 24.8 Å². The topological polar surface area (TPSA) is 49.8 Å². The third-order valence-corrected chi connectivity index (χ3v) is 3.33. The van der Waals surface area contributed by atoms with Crippen molar-refractivity contribution in [3.05, 3.63) is 47.1 Å². The van der Waals surface area contributed by atoms with Crippen molar-refractivity contribution in [2.45, 2.75) is 26.2 Å². The minimum Gasteiger partial charge on any atom is -0.369 e. The quantitative estimate of drug-likeness (QED) is 0.724. The second kappa shape index (κ2) is 8.47. The Morgan fingerprint density at radius 1 is 1.10 bits per heavy atom. The predicted octanol–water partition coefficient (Wildman–Crippen LogP) is 4.00. The lowest BCUT2D eigenvalue weighted by molar-refractivity contribution is 0.857. The van der Waals surface area contributed by atoms with Crippen LogP contribution in [0, 0.1) is 0 Å². The van der Waals surface area contributed by atoms with E-state index in [4.69, 9.17) is 11.6 Å². The molecule has 1 aromatic heterocycles. The molecule has 0 aliphatic heterocycles. The highest BCUT2D eigenvalue weighted by atomic mass is 35.5. The first-order valence-electron chi connectivity index (χ1n) is 7.34. The maximum Gasteiger partial charge on any atom is 0.224 e. The molecule has 112 valence electrons. The van der Waals surface area contributed by atoms with E-state index in [1.54, 1.807) is 6.20 Å². The smallest absolute Gasteiger partial charge is 0.224 e. The molecule has 0 radical (unpaired) electrons. The molecular formula is C16H21ClN4. The zero-order valence-electron chi connectivity index (χ0n) is 12.3. The first kappa shape index (κ1) is 15.6. The summed E-state index contributed by atoms with van der Waals surface area (Å²) in [6.45, 7) is 3.79. The summed E-state index contributed by atoms with van der Waals surface area (Å²) in [5.41, 5.74) is 1.35. The number of nitrogens with zero attached hydrogens (tertiary/aromatic N) is 2. The zero-order chi connectivity index (χ0) is 14.9. The highest BCUT2D eigenvalue weighted by Gasteiger charge is 2.04. The van der Waals surface area contributed by atoms with Crippen LogP contribution < -0.4 is 10.6 Å². The van der Waals surface area contributed by atoms with E-state index < -0.39 is 0 Å². The van der Waals surface area contributed by atoms with Gasteiger partial charge in [-0.1, -0.05) is 48.9 Å². The van der Waals surface area contributed by atoms with E-state index in [1.165, 1.54) is 5.56 Å². The minimum atomic E-state index is 0.553. The average molecular weight is 305 g/mol. The van der Waals surface area contributed by atoms with Crippen LogP contribution in [0.15, 0.2) is 36.5 Å². The summed E-state index contributed by atoms with van der Waals surface area (Å²) in [5, 5.41) is 6.99. The molecule has 1 heterocycles. The van der Waals surface area contributed by atoms with Gasteiger partial charge in [-0.2, -0.15) is 4.98 Å². The predicted molar refractivity (Wildman–Crippen MR) is 89.1 cm³/mol. The van der Waals surface area contributed by atoms with Crippen LogP contribution in [0.5, 0.6) is 0 Å². The molecule has 0 aliphatic rings. The van der Waals surface area contributed by atoms with Gasteiger partial charge in [-0.15, -0.1) is 0 Å². The lowest BCUT2D eigenvalue weighted by atomic mass is 10.1. The van der Waals surface area contributed by atoms with Gasteiger partial charge < -0.3 is 10.6 Å². The number of aryl methyl sites for hydroxylation is 1. The molecular weight excluding hydrogens is 284 g/mol. The molecule has 2 aromatic rings. The Balaban J connectivity index is 1.82. The Hall–Kier alpha value is -1.81. The SMILES string of the molecule is CCCNc1ncc(Cl)c(NCCCc2ccccc2)n1. The Morgan fingerprint density at radius 2 is 1.90 bits per heavy atom. The maximum atomic E-state index is 6.11. The van der Waals surface area contributed by atoms with Gasteiger partial charge in [0.2, 0.25) is 5.95 Å². The van der Waals surface area contributed by atoms with Crippen LogP contribution >= 0.6 is 11.6 Å². The molecule has 0 unspecified atom stereocenters. The van der Waals surface area contributed by atoms with Crippen molar-refractivity contribution in [3.8, 4) is 0 Å². The molecule has 0 atom stereocenters. The maximum absolute atomic E-state index is 6.11. The first-order chi connectivity index (χ1) is 10.3. The molecule has 0 fully saturated rings. The number of hydrogen-bond acceptors (Lipinski definition) is 4. The fourth-order valence-corrected chi connectivity index (χ4v) is 2.11. The van der Waals surface area contributed by atoms with Gasteiger partial charge in [0.1, 0.15) is 10.8 Å². The largest absolute Gasteiger partial charge is 0.369 e. The van der Waals surface area contributed by atoms with Crippen LogP contribution in [-0.2, 0) is 6.42 Å². The molecule has 1 aromatic carbocycles. The van der Waals surface area contributed by atoms with Crippen molar-refractivity contribution in [3.63, 3.8) is 0 Å². The Morgan fingerprint density at radius 3 is 2.67 bits per heavy atom. The van der Waals surface area contributed by atoms with Crippen molar-refractivity contribution in [1.29, 1.82) is 0 Å². The number of aromatic nitrogens is 2. The number of anilines is 2. The summed E-state index contributed by atoms with van der Waals surface area (Å²) in [6, 6.07) is 10.5. The van der Waals surface area contributed by atoms with Crippen LogP contribution in [0.2, 0.25) is 5.02 Å². The highest BCUT2D eigenvalue weighted by molar-refractivity contribution is 6.32. The van der Waals surface area contributed by atoms with Gasteiger partial charge >= 0.3 is 0 Å². The van der Waals surface area contributed by atoms with E-state index in [1.807, 2.05) is 6.07 Å². The van der Waals surface area contributed by atoms with Crippen molar-refractivity contribution >= 4 is 23.4 Å². The second-order valence-electron chi connectivity index (χ2n) is 4.83. The molecule has 0 amide bonds. The Labute approximate surface area is 131 Å². The summed E-state index contributed by atoms with van der Waals surface area (Å²) >= 11 is 6.11. The number of nitrogens with one attached hydrogen (secondary N) is 2. The van der Waals surface area contributed by atoms with Gasteiger partial charge in [0.25, 0.3) is 0 Å². The van der Waals surface area contributed by atoms with Crippen LogP contribution in [0.4, 0.5) is 11.8 Å². The molecule has 0 saturated heterocycles. The molecule has 21 heavy (non-hydrogen) atoms. The molecule has 5 heteroatoms. The summed E-state index contributed by atoms with van der Waals surface area (Å²) in [5.74, 6) is 1.31. The van der Waals surface area contributed by atoms with Crippen LogP contribution in [0.3, 0.4) is 0 Å². The standard InChI is InChI=1S/C16H21ClN4/c1-2-10-19-16-20-12-14(17)15(21-16)18-11-6-9-13-7-4-3-5-8-13/h3-5,7-8,12H,2,6,9-11H2,1H3,(H2,18,19,20,21). The number of rotatable bonds is 8. The van der Waals surface area contributed by atoms with Crippen molar-refractivity contribution < 1.29 is 0 Å². The fourth-order valence-electron chi connectivity index (χ4n) is 1.96. The summed E-state index contributed by atoms with van der Waals surface area (Å²) < 4.78 is 0. The monoisotopic (exact) mass is 304 g/mol. The zero-order valence-corrected chi connectivity index (χ0v) is 13.0. The van der Waals surface area contributed by atoms with Crippen LogP contribution in [0.25, 0.3) is 0 Å². The van der Waals surface area contributed by atoms with E-state index in [2.05, 4.69) is 51.8 Å². The molecule has 4 nitrogen and oxygen atoms in total. The van der Waals surface area contributed by atoms with Crippen molar-refractivity contribution in [1.82, 2.24) is 9.97 Å². The summed E-state index contributed by atoms with van der Waals surface area (Å²) in [6.07, 6.45) is 4.73. The van der Waals surface area contributed by atoms with Crippen LogP contribution in [-0.4, -0.2) is 23.1 Å². The summed E-state index contributed by atoms with van der Waals surface area (Å²) in [7, 11) is 0. The third kappa shape index (κ3) is 5.23. The van der Waals surface area contributed by atoms with E-state index in [-0.39, 0.29) is 0 Å². The van der Waals surface area contributed by atoms with Gasteiger partial charge in [-0.25, -0.2) is 4.98 Å². The Kier molecular flexibility index (Phi) is 6.28. The van der Waals surface area contributed by atoms with Crippen LogP contribution in [0.1, 0.15) is 25.3 Å².